The molecule has 1 N–H and O–H groups in total. The predicted octanol–water partition coefficient (Wildman–Crippen LogP) is 3.39. The molecular weight excluding hydrogens is 356 g/mol. The zero-order chi connectivity index (χ0) is 19.6. The number of benzene rings is 1. The third kappa shape index (κ3) is 4.00. The fourth-order valence-corrected chi connectivity index (χ4v) is 2.07. The maximum Gasteiger partial charge on any atom is 0.430 e. The molecule has 0 radical (unpaired) electrons. The SMILES string of the molecule is CCOC(=O)[C@H](C)N(C)c1ccc(C(O)(C(F)(F)F)C(F)(F)F)cc1. The molecule has 10 heteroatoms. The molecule has 0 aliphatic carbocycles. The largest absolute Gasteiger partial charge is 0.464 e. The number of anilines is 1. The minimum absolute atomic E-state index is 0.125. The molecule has 4 nitrogen and oxygen atoms in total. The molecule has 0 heterocycles. The van der Waals surface area contributed by atoms with Gasteiger partial charge in [0.1, 0.15) is 6.04 Å². The van der Waals surface area contributed by atoms with Crippen molar-refractivity contribution in [2.24, 2.45) is 0 Å². The van der Waals surface area contributed by atoms with E-state index in [1.54, 1.807) is 6.92 Å². The first-order valence-corrected chi connectivity index (χ1v) is 7.13. The zero-order valence-electron chi connectivity index (χ0n) is 13.6. The molecule has 1 atom stereocenters. The van der Waals surface area contributed by atoms with E-state index in [2.05, 4.69) is 0 Å². The summed E-state index contributed by atoms with van der Waals surface area (Å²) in [5.74, 6) is -0.601. The number of ether oxygens (including phenoxy) is 1. The van der Waals surface area contributed by atoms with Crippen molar-refractivity contribution in [1.29, 1.82) is 0 Å². The van der Waals surface area contributed by atoms with Gasteiger partial charge in [-0.05, 0) is 26.0 Å². The number of esters is 1. The van der Waals surface area contributed by atoms with Gasteiger partial charge in [-0.15, -0.1) is 0 Å². The first-order valence-electron chi connectivity index (χ1n) is 7.13. The van der Waals surface area contributed by atoms with Gasteiger partial charge in [-0.25, -0.2) is 4.79 Å². The van der Waals surface area contributed by atoms with Crippen LogP contribution in [0.15, 0.2) is 24.3 Å². The molecule has 0 saturated carbocycles. The van der Waals surface area contributed by atoms with Crippen LogP contribution in [0.4, 0.5) is 32.0 Å². The van der Waals surface area contributed by atoms with Gasteiger partial charge in [0.05, 0.1) is 6.61 Å². The molecule has 0 unspecified atom stereocenters. The Balaban J connectivity index is 3.19. The number of carbonyl (C=O) groups is 1. The Kier molecular flexibility index (Phi) is 5.99. The highest BCUT2D eigenvalue weighted by molar-refractivity contribution is 5.79. The van der Waals surface area contributed by atoms with Crippen LogP contribution in [0.5, 0.6) is 0 Å². The van der Waals surface area contributed by atoms with Gasteiger partial charge in [-0.1, -0.05) is 12.1 Å². The van der Waals surface area contributed by atoms with Gasteiger partial charge in [0.2, 0.25) is 0 Å². The molecule has 142 valence electrons. The minimum atomic E-state index is -5.95. The van der Waals surface area contributed by atoms with Crippen LogP contribution in [0.2, 0.25) is 0 Å². The topological polar surface area (TPSA) is 49.8 Å². The summed E-state index contributed by atoms with van der Waals surface area (Å²) >= 11 is 0. The first kappa shape index (κ1) is 21.1. The second-order valence-corrected chi connectivity index (χ2v) is 5.29. The minimum Gasteiger partial charge on any atom is -0.464 e. The standard InChI is InChI=1S/C15H17F6NO3/c1-4-25-12(23)9(2)22(3)11-7-5-10(6-8-11)13(24,14(16,17)18)15(19,20)21/h5-9,24H,4H2,1-3H3/t9-/m0/s1. The van der Waals surface area contributed by atoms with Gasteiger partial charge < -0.3 is 14.7 Å². The molecule has 1 aromatic rings. The van der Waals surface area contributed by atoms with E-state index >= 15 is 0 Å². The average molecular weight is 373 g/mol. The van der Waals surface area contributed by atoms with Crippen molar-refractivity contribution in [3.8, 4) is 0 Å². The van der Waals surface area contributed by atoms with Crippen molar-refractivity contribution in [3.63, 3.8) is 0 Å². The van der Waals surface area contributed by atoms with E-state index in [-0.39, 0.29) is 12.3 Å². The monoisotopic (exact) mass is 373 g/mol. The summed E-state index contributed by atoms with van der Waals surface area (Å²) in [6.45, 7) is 3.18. The van der Waals surface area contributed by atoms with Crippen molar-refractivity contribution in [2.75, 3.05) is 18.6 Å². The lowest BCUT2D eigenvalue weighted by atomic mass is 9.92. The quantitative estimate of drug-likeness (QED) is 0.635. The summed E-state index contributed by atoms with van der Waals surface area (Å²) in [4.78, 5) is 13.0. The summed E-state index contributed by atoms with van der Waals surface area (Å²) in [7, 11) is 1.43. The predicted molar refractivity (Wildman–Crippen MR) is 76.9 cm³/mol. The van der Waals surface area contributed by atoms with Crippen LogP contribution in [0.3, 0.4) is 0 Å². The highest BCUT2D eigenvalue weighted by atomic mass is 19.4. The van der Waals surface area contributed by atoms with Crippen molar-refractivity contribution < 1.29 is 41.0 Å². The fraction of sp³-hybridized carbons (Fsp3) is 0.533. The number of likely N-dealkylation sites (N-methyl/N-ethyl adjacent to an activating group) is 1. The average Bonchev–Trinajstić information content (AvgIpc) is 2.50. The van der Waals surface area contributed by atoms with E-state index in [9.17, 15) is 36.2 Å². The Morgan fingerprint density at radius 1 is 1.12 bits per heavy atom. The van der Waals surface area contributed by atoms with Gasteiger partial charge in [0.15, 0.2) is 0 Å². The van der Waals surface area contributed by atoms with Crippen molar-refractivity contribution in [2.45, 2.75) is 37.8 Å². The Morgan fingerprint density at radius 2 is 1.56 bits per heavy atom. The molecule has 0 spiro atoms. The summed E-state index contributed by atoms with van der Waals surface area (Å²) in [6.07, 6.45) is -11.9. The van der Waals surface area contributed by atoms with E-state index < -0.39 is 35.5 Å². The highest BCUT2D eigenvalue weighted by Crippen LogP contribution is 2.50. The normalized spacial score (nSPS) is 14.2. The molecule has 0 amide bonds. The van der Waals surface area contributed by atoms with E-state index in [1.807, 2.05) is 0 Å². The van der Waals surface area contributed by atoms with Crippen LogP contribution in [0, 0.1) is 0 Å². The second kappa shape index (κ2) is 7.11. The van der Waals surface area contributed by atoms with Crippen LogP contribution in [-0.4, -0.2) is 43.1 Å². The molecule has 0 bridgehead atoms. The number of nitrogens with zero attached hydrogens (tertiary/aromatic N) is 1. The number of rotatable bonds is 5. The number of hydrogen-bond acceptors (Lipinski definition) is 4. The molecule has 25 heavy (non-hydrogen) atoms. The summed E-state index contributed by atoms with van der Waals surface area (Å²) in [5.41, 5.74) is -6.17. The smallest absolute Gasteiger partial charge is 0.430 e. The number of halogens is 6. The molecule has 0 saturated heterocycles. The lowest BCUT2D eigenvalue weighted by Crippen LogP contribution is -2.53. The van der Waals surface area contributed by atoms with E-state index in [1.165, 1.54) is 18.9 Å². The highest BCUT2D eigenvalue weighted by Gasteiger charge is 2.71. The Bertz CT molecular complexity index is 583. The van der Waals surface area contributed by atoms with Crippen LogP contribution >= 0.6 is 0 Å². The Morgan fingerprint density at radius 3 is 1.92 bits per heavy atom. The van der Waals surface area contributed by atoms with Crippen molar-refractivity contribution >= 4 is 11.7 Å². The fourth-order valence-electron chi connectivity index (χ4n) is 2.07. The number of carbonyl (C=O) groups excluding carboxylic acids is 1. The molecular formula is C15H17F6NO3. The molecule has 0 aromatic heterocycles. The summed E-state index contributed by atoms with van der Waals surface area (Å²) < 4.78 is 81.7. The molecule has 0 aliphatic rings. The maximum atomic E-state index is 12.8. The third-order valence-electron chi connectivity index (χ3n) is 3.72. The molecule has 0 aliphatic heterocycles. The van der Waals surface area contributed by atoms with Crippen molar-refractivity contribution in [1.82, 2.24) is 0 Å². The van der Waals surface area contributed by atoms with Crippen molar-refractivity contribution in [3.05, 3.63) is 29.8 Å². The van der Waals surface area contributed by atoms with Gasteiger partial charge in [-0.3, -0.25) is 0 Å². The first-order chi connectivity index (χ1) is 11.3. The van der Waals surface area contributed by atoms with Crippen LogP contribution in [0.25, 0.3) is 0 Å². The van der Waals surface area contributed by atoms with E-state index in [0.29, 0.717) is 12.1 Å². The molecule has 1 aromatic carbocycles. The van der Waals surface area contributed by atoms with Gasteiger partial charge >= 0.3 is 18.3 Å². The third-order valence-corrected chi connectivity index (χ3v) is 3.72. The van der Waals surface area contributed by atoms with E-state index in [4.69, 9.17) is 4.74 Å². The number of hydrogen-bond donors (Lipinski definition) is 1. The van der Waals surface area contributed by atoms with Gasteiger partial charge in [0, 0.05) is 18.3 Å². The maximum absolute atomic E-state index is 12.8. The molecule has 1 rings (SSSR count). The van der Waals surface area contributed by atoms with Crippen LogP contribution in [-0.2, 0) is 15.1 Å². The second-order valence-electron chi connectivity index (χ2n) is 5.29. The molecule has 0 fully saturated rings. The lowest BCUT2D eigenvalue weighted by molar-refractivity contribution is -0.376. The van der Waals surface area contributed by atoms with Crippen LogP contribution < -0.4 is 4.90 Å². The van der Waals surface area contributed by atoms with E-state index in [0.717, 1.165) is 12.1 Å². The van der Waals surface area contributed by atoms with Crippen LogP contribution in [0.1, 0.15) is 19.4 Å². The number of alkyl halides is 6. The summed E-state index contributed by atoms with van der Waals surface area (Å²) in [5, 5.41) is 9.31. The Labute approximate surface area is 140 Å². The van der Waals surface area contributed by atoms with Gasteiger partial charge in [-0.2, -0.15) is 26.3 Å². The lowest BCUT2D eigenvalue weighted by Gasteiger charge is -2.33. The number of aliphatic hydroxyl groups is 1. The van der Waals surface area contributed by atoms with Gasteiger partial charge in [0.25, 0.3) is 5.60 Å². The Hall–Kier alpha value is -1.97. The summed E-state index contributed by atoms with van der Waals surface area (Å²) in [6, 6.07) is 2.13. The zero-order valence-corrected chi connectivity index (χ0v) is 13.6.